The van der Waals surface area contributed by atoms with Crippen molar-refractivity contribution in [3.05, 3.63) is 135 Å². The molecule has 0 saturated carbocycles. The predicted octanol–water partition coefficient (Wildman–Crippen LogP) is 8.60. The monoisotopic (exact) mass is 694 g/mol. The Hall–Kier alpha value is -4.52. The van der Waals surface area contributed by atoms with Crippen LogP contribution >= 0.6 is 0 Å². The Morgan fingerprint density at radius 3 is 1.92 bits per heavy atom. The number of hydrogen-bond acceptors (Lipinski definition) is 6. The third-order valence-electron chi connectivity index (χ3n) is 11.5. The number of hydrogen-bond donors (Lipinski definition) is 2. The van der Waals surface area contributed by atoms with Gasteiger partial charge in [0.25, 0.3) is 0 Å². The van der Waals surface area contributed by atoms with Crippen LogP contribution in [0, 0.1) is 19.8 Å². The Morgan fingerprint density at radius 1 is 0.654 bits per heavy atom. The molecule has 2 aromatic carbocycles. The second-order valence-electron chi connectivity index (χ2n) is 14.8. The van der Waals surface area contributed by atoms with Gasteiger partial charge in [0.1, 0.15) is 11.5 Å². The SMILES string of the molecule is C=Cc1cnc2c(c1)CCc1cc(C)cc(OC)c1C2=C1CCNCC1.C=Cc1cnc2c(c1)CCc1cc(C)cc(OC)c1C2C1CCNCC1. The summed E-state index contributed by atoms with van der Waals surface area (Å²) in [7, 11) is 3.58. The fourth-order valence-electron chi connectivity index (χ4n) is 8.97. The van der Waals surface area contributed by atoms with Crippen LogP contribution in [0.25, 0.3) is 17.7 Å². The van der Waals surface area contributed by atoms with Gasteiger partial charge < -0.3 is 20.1 Å². The molecule has 1 unspecified atom stereocenters. The maximum absolute atomic E-state index is 5.87. The van der Waals surface area contributed by atoms with E-state index in [0.29, 0.717) is 11.8 Å². The first-order valence-corrected chi connectivity index (χ1v) is 19.1. The van der Waals surface area contributed by atoms with Gasteiger partial charge in [-0.25, -0.2) is 0 Å². The fraction of sp³-hybridized carbons (Fsp3) is 0.391. The first-order chi connectivity index (χ1) is 25.4. The van der Waals surface area contributed by atoms with Crippen LogP contribution in [0.2, 0.25) is 0 Å². The number of nitrogens with zero attached hydrogens (tertiary/aromatic N) is 2. The number of benzene rings is 2. The van der Waals surface area contributed by atoms with E-state index in [2.05, 4.69) is 74.0 Å². The van der Waals surface area contributed by atoms with Crippen molar-refractivity contribution in [2.45, 2.75) is 71.1 Å². The van der Waals surface area contributed by atoms with Gasteiger partial charge in [-0.15, -0.1) is 0 Å². The number of aryl methyl sites for hydroxylation is 6. The lowest BCUT2D eigenvalue weighted by molar-refractivity contribution is 0.329. The topological polar surface area (TPSA) is 68.3 Å². The van der Waals surface area contributed by atoms with Crippen LogP contribution in [-0.4, -0.2) is 50.4 Å². The maximum Gasteiger partial charge on any atom is 0.127 e. The number of pyridine rings is 2. The van der Waals surface area contributed by atoms with Crippen LogP contribution in [0.3, 0.4) is 0 Å². The molecule has 6 heteroatoms. The zero-order chi connectivity index (χ0) is 36.2. The number of methoxy groups -OCH3 is 2. The highest BCUT2D eigenvalue weighted by Crippen LogP contribution is 2.46. The van der Waals surface area contributed by atoms with E-state index in [1.165, 1.54) is 74.2 Å². The van der Waals surface area contributed by atoms with Gasteiger partial charge in [-0.1, -0.05) is 43.0 Å². The summed E-state index contributed by atoms with van der Waals surface area (Å²) in [6.07, 6.45) is 16.3. The van der Waals surface area contributed by atoms with Crippen LogP contribution < -0.4 is 20.1 Å². The molecular formula is C46H54N4O2. The molecule has 4 aliphatic rings. The fourth-order valence-corrected chi connectivity index (χ4v) is 8.97. The summed E-state index contributed by atoms with van der Waals surface area (Å²) in [6.45, 7) is 16.4. The Balaban J connectivity index is 0.000000162. The normalized spacial score (nSPS) is 18.3. The lowest BCUT2D eigenvalue weighted by atomic mass is 9.76. The van der Waals surface area contributed by atoms with E-state index < -0.39 is 0 Å². The first-order valence-electron chi connectivity index (χ1n) is 19.1. The lowest BCUT2D eigenvalue weighted by Gasteiger charge is -2.33. The molecule has 8 rings (SSSR count). The van der Waals surface area contributed by atoms with Gasteiger partial charge in [0.2, 0.25) is 0 Å². The molecule has 2 aliphatic carbocycles. The van der Waals surface area contributed by atoms with Crippen molar-refractivity contribution in [1.29, 1.82) is 0 Å². The minimum Gasteiger partial charge on any atom is -0.496 e. The van der Waals surface area contributed by atoms with Crippen molar-refractivity contribution in [2.75, 3.05) is 40.4 Å². The Morgan fingerprint density at radius 2 is 1.23 bits per heavy atom. The van der Waals surface area contributed by atoms with Crippen molar-refractivity contribution in [3.8, 4) is 11.5 Å². The van der Waals surface area contributed by atoms with E-state index in [1.807, 2.05) is 24.5 Å². The smallest absolute Gasteiger partial charge is 0.127 e. The minimum absolute atomic E-state index is 0.319. The van der Waals surface area contributed by atoms with Gasteiger partial charge in [-0.2, -0.15) is 0 Å². The molecule has 1 atom stereocenters. The van der Waals surface area contributed by atoms with E-state index in [0.717, 1.165) is 93.0 Å². The highest BCUT2D eigenvalue weighted by Gasteiger charge is 2.35. The van der Waals surface area contributed by atoms with Crippen LogP contribution in [-0.2, 0) is 25.7 Å². The lowest BCUT2D eigenvalue weighted by Crippen LogP contribution is -2.32. The van der Waals surface area contributed by atoms with Gasteiger partial charge in [0.05, 0.1) is 25.6 Å². The summed E-state index contributed by atoms with van der Waals surface area (Å²) in [4.78, 5) is 9.85. The van der Waals surface area contributed by atoms with Crippen LogP contribution in [0.15, 0.2) is 67.5 Å². The van der Waals surface area contributed by atoms with E-state index in [9.17, 15) is 0 Å². The van der Waals surface area contributed by atoms with E-state index >= 15 is 0 Å². The predicted molar refractivity (Wildman–Crippen MR) is 214 cm³/mol. The van der Waals surface area contributed by atoms with Crippen LogP contribution in [0.5, 0.6) is 11.5 Å². The Bertz CT molecular complexity index is 2000. The number of nitrogens with one attached hydrogen (secondary N) is 2. The minimum atomic E-state index is 0.319. The van der Waals surface area contributed by atoms with E-state index in [-0.39, 0.29) is 0 Å². The van der Waals surface area contributed by atoms with Crippen molar-refractivity contribution in [2.24, 2.45) is 5.92 Å². The number of aromatic nitrogens is 2. The average molecular weight is 695 g/mol. The third-order valence-corrected chi connectivity index (χ3v) is 11.5. The summed E-state index contributed by atoms with van der Waals surface area (Å²) in [5, 5.41) is 6.98. The number of fused-ring (bicyclic) bond motifs is 4. The molecule has 4 aromatic rings. The van der Waals surface area contributed by atoms with Crippen LogP contribution in [0.1, 0.15) is 98.6 Å². The highest BCUT2D eigenvalue weighted by molar-refractivity contribution is 5.87. The van der Waals surface area contributed by atoms with Gasteiger partial charge in [-0.05, 0) is 166 Å². The van der Waals surface area contributed by atoms with Gasteiger partial charge in [-0.3, -0.25) is 9.97 Å². The molecule has 2 aliphatic heterocycles. The molecule has 52 heavy (non-hydrogen) atoms. The second kappa shape index (κ2) is 16.0. The summed E-state index contributed by atoms with van der Waals surface area (Å²) in [5.74, 6) is 2.93. The zero-order valence-electron chi connectivity index (χ0n) is 31.5. The van der Waals surface area contributed by atoms with Crippen molar-refractivity contribution >= 4 is 17.7 Å². The summed E-state index contributed by atoms with van der Waals surface area (Å²) in [5.41, 5.74) is 18.1. The van der Waals surface area contributed by atoms with Crippen molar-refractivity contribution in [3.63, 3.8) is 0 Å². The second-order valence-corrected chi connectivity index (χ2v) is 14.8. The summed E-state index contributed by atoms with van der Waals surface area (Å²) in [6, 6.07) is 13.6. The molecule has 2 fully saturated rings. The van der Waals surface area contributed by atoms with Crippen molar-refractivity contribution in [1.82, 2.24) is 20.6 Å². The third kappa shape index (κ3) is 7.24. The highest BCUT2D eigenvalue weighted by atomic mass is 16.5. The molecular weight excluding hydrogens is 641 g/mol. The average Bonchev–Trinajstić information content (AvgIpc) is 3.45. The van der Waals surface area contributed by atoms with E-state index in [4.69, 9.17) is 19.4 Å². The standard InChI is InChI=1S/C23H28N2O.C23H26N2O/c2*1-4-16-13-19-6-5-18-11-15(2)12-20(26-3)21(18)22(23(19)25-14-16)17-7-9-24-10-8-17/h4,11-14,17,22,24H,1,5-10H2,2-3H3;4,11-14,24H,1,5-10H2,2-3H3. The van der Waals surface area contributed by atoms with Crippen molar-refractivity contribution < 1.29 is 9.47 Å². The Labute approximate surface area is 310 Å². The zero-order valence-corrected chi connectivity index (χ0v) is 31.5. The number of ether oxygens (including phenoxy) is 2. The van der Waals surface area contributed by atoms with Gasteiger partial charge in [0.15, 0.2) is 0 Å². The summed E-state index contributed by atoms with van der Waals surface area (Å²) < 4.78 is 11.7. The Kier molecular flexibility index (Phi) is 11.0. The molecule has 0 amide bonds. The first kappa shape index (κ1) is 35.9. The summed E-state index contributed by atoms with van der Waals surface area (Å²) >= 11 is 0. The van der Waals surface area contributed by atoms with Gasteiger partial charge >= 0.3 is 0 Å². The molecule has 4 heterocycles. The molecule has 2 aromatic heterocycles. The molecule has 0 radical (unpaired) electrons. The molecule has 0 spiro atoms. The molecule has 270 valence electrons. The quantitative estimate of drug-likeness (QED) is 0.218. The van der Waals surface area contributed by atoms with E-state index in [1.54, 1.807) is 14.2 Å². The molecule has 6 nitrogen and oxygen atoms in total. The van der Waals surface area contributed by atoms with Crippen LogP contribution in [0.4, 0.5) is 0 Å². The largest absolute Gasteiger partial charge is 0.496 e. The molecule has 2 N–H and O–H groups in total. The number of rotatable bonds is 5. The molecule has 0 bridgehead atoms. The molecule has 2 saturated heterocycles. The van der Waals surface area contributed by atoms with Gasteiger partial charge in [0, 0.05) is 35.0 Å². The maximum atomic E-state index is 5.87. The number of piperidine rings is 2.